The molecular formula is C16H31F. The van der Waals surface area contributed by atoms with E-state index in [0.717, 1.165) is 12.8 Å². The predicted molar refractivity (Wildman–Crippen MR) is 76.2 cm³/mol. The Kier molecular flexibility index (Phi) is 15.4. The summed E-state index contributed by atoms with van der Waals surface area (Å²) in [6.45, 7) is 2.12. The molecule has 0 saturated heterocycles. The van der Waals surface area contributed by atoms with E-state index >= 15 is 0 Å². The first kappa shape index (κ1) is 16.7. The van der Waals surface area contributed by atoms with Crippen LogP contribution in [0.25, 0.3) is 0 Å². The van der Waals surface area contributed by atoms with Gasteiger partial charge in [-0.15, -0.1) is 0 Å². The lowest BCUT2D eigenvalue weighted by Crippen LogP contribution is -1.80. The Hall–Kier alpha value is -0.330. The monoisotopic (exact) mass is 242 g/mol. The Labute approximate surface area is 108 Å². The van der Waals surface area contributed by atoms with E-state index in [1.54, 1.807) is 0 Å². The van der Waals surface area contributed by atoms with Crippen molar-refractivity contribution in [3.05, 3.63) is 12.2 Å². The van der Waals surface area contributed by atoms with Gasteiger partial charge >= 0.3 is 0 Å². The van der Waals surface area contributed by atoms with Crippen LogP contribution in [0.5, 0.6) is 0 Å². The van der Waals surface area contributed by atoms with Crippen molar-refractivity contribution in [3.63, 3.8) is 0 Å². The van der Waals surface area contributed by atoms with E-state index in [1.807, 2.05) is 0 Å². The first-order valence-electron chi connectivity index (χ1n) is 7.62. The highest BCUT2D eigenvalue weighted by Gasteiger charge is 1.89. The highest BCUT2D eigenvalue weighted by atomic mass is 19.1. The molecule has 0 aromatic carbocycles. The number of allylic oxidation sites excluding steroid dienone is 2. The fourth-order valence-corrected chi connectivity index (χ4v) is 1.99. The van der Waals surface area contributed by atoms with E-state index in [2.05, 4.69) is 19.1 Å². The summed E-state index contributed by atoms with van der Waals surface area (Å²) >= 11 is 0. The zero-order valence-corrected chi connectivity index (χ0v) is 11.7. The maximum Gasteiger partial charge on any atom is 0.0894 e. The minimum absolute atomic E-state index is 0.141. The molecule has 0 radical (unpaired) electrons. The minimum atomic E-state index is -0.141. The van der Waals surface area contributed by atoms with Gasteiger partial charge in [0, 0.05) is 0 Å². The molecule has 102 valence electrons. The van der Waals surface area contributed by atoms with Crippen molar-refractivity contribution >= 4 is 0 Å². The van der Waals surface area contributed by atoms with Crippen LogP contribution in [0.4, 0.5) is 4.39 Å². The summed E-state index contributed by atoms with van der Waals surface area (Å²) in [7, 11) is 0. The number of rotatable bonds is 13. The molecule has 17 heavy (non-hydrogen) atoms. The molecule has 0 nitrogen and oxygen atoms in total. The van der Waals surface area contributed by atoms with E-state index in [1.165, 1.54) is 64.2 Å². The second-order valence-electron chi connectivity index (χ2n) is 4.92. The lowest BCUT2D eigenvalue weighted by Gasteiger charge is -1.98. The van der Waals surface area contributed by atoms with Crippen molar-refractivity contribution in [1.82, 2.24) is 0 Å². The predicted octanol–water partition coefficient (Wildman–Crippen LogP) is 6.21. The van der Waals surface area contributed by atoms with Gasteiger partial charge < -0.3 is 0 Å². The maximum atomic E-state index is 11.8. The molecule has 0 rings (SSSR count). The summed E-state index contributed by atoms with van der Waals surface area (Å²) in [5, 5.41) is 0. The summed E-state index contributed by atoms with van der Waals surface area (Å²) in [5.41, 5.74) is 0. The summed E-state index contributed by atoms with van der Waals surface area (Å²) in [4.78, 5) is 0. The SMILES string of the molecule is CCCCCCCC=CCCCCCCCF. The molecule has 0 bridgehead atoms. The van der Waals surface area contributed by atoms with Gasteiger partial charge in [-0.3, -0.25) is 4.39 Å². The first-order chi connectivity index (χ1) is 8.41. The number of halogens is 1. The van der Waals surface area contributed by atoms with Gasteiger partial charge in [0.25, 0.3) is 0 Å². The Morgan fingerprint density at radius 3 is 1.65 bits per heavy atom. The highest BCUT2D eigenvalue weighted by Crippen LogP contribution is 2.08. The van der Waals surface area contributed by atoms with Crippen molar-refractivity contribution in [2.24, 2.45) is 0 Å². The molecule has 0 aromatic rings. The third kappa shape index (κ3) is 15.7. The number of hydrogen-bond acceptors (Lipinski definition) is 0. The van der Waals surface area contributed by atoms with Gasteiger partial charge in [0.15, 0.2) is 0 Å². The van der Waals surface area contributed by atoms with Crippen LogP contribution in [-0.4, -0.2) is 6.67 Å². The number of unbranched alkanes of at least 4 members (excludes halogenated alkanes) is 10. The van der Waals surface area contributed by atoms with Crippen molar-refractivity contribution in [2.75, 3.05) is 6.67 Å². The molecule has 0 aliphatic heterocycles. The fourth-order valence-electron chi connectivity index (χ4n) is 1.99. The molecule has 0 aromatic heterocycles. The normalized spacial score (nSPS) is 11.4. The molecule has 0 atom stereocenters. The zero-order chi connectivity index (χ0) is 12.6. The van der Waals surface area contributed by atoms with Crippen LogP contribution in [0.1, 0.15) is 84.0 Å². The van der Waals surface area contributed by atoms with E-state index in [4.69, 9.17) is 0 Å². The molecule has 0 fully saturated rings. The Morgan fingerprint density at radius 2 is 1.12 bits per heavy atom. The van der Waals surface area contributed by atoms with E-state index in [9.17, 15) is 4.39 Å². The molecule has 0 heterocycles. The van der Waals surface area contributed by atoms with Crippen LogP contribution in [-0.2, 0) is 0 Å². The lowest BCUT2D eigenvalue weighted by atomic mass is 10.1. The summed E-state index contributed by atoms with van der Waals surface area (Å²) in [6.07, 6.45) is 19.6. The molecule has 0 saturated carbocycles. The van der Waals surface area contributed by atoms with Crippen LogP contribution in [0.3, 0.4) is 0 Å². The van der Waals surface area contributed by atoms with Gasteiger partial charge in [0.2, 0.25) is 0 Å². The topological polar surface area (TPSA) is 0 Å². The van der Waals surface area contributed by atoms with Crippen LogP contribution in [0.2, 0.25) is 0 Å². The van der Waals surface area contributed by atoms with E-state index < -0.39 is 0 Å². The molecule has 0 N–H and O–H groups in total. The summed E-state index contributed by atoms with van der Waals surface area (Å²) < 4.78 is 11.8. The van der Waals surface area contributed by atoms with Gasteiger partial charge in [0.1, 0.15) is 0 Å². The van der Waals surface area contributed by atoms with Crippen molar-refractivity contribution in [1.29, 1.82) is 0 Å². The van der Waals surface area contributed by atoms with Crippen molar-refractivity contribution in [2.45, 2.75) is 84.0 Å². The zero-order valence-electron chi connectivity index (χ0n) is 11.7. The Balaban J connectivity index is 2.99. The maximum absolute atomic E-state index is 11.8. The molecule has 0 aliphatic rings. The van der Waals surface area contributed by atoms with Crippen LogP contribution >= 0.6 is 0 Å². The lowest BCUT2D eigenvalue weighted by molar-refractivity contribution is 0.451. The summed E-state index contributed by atoms with van der Waals surface area (Å²) in [6, 6.07) is 0. The van der Waals surface area contributed by atoms with E-state index in [-0.39, 0.29) is 6.67 Å². The van der Waals surface area contributed by atoms with Gasteiger partial charge in [-0.05, 0) is 32.1 Å². The molecule has 0 aliphatic carbocycles. The number of alkyl halides is 1. The number of hydrogen-bond donors (Lipinski definition) is 0. The second kappa shape index (κ2) is 15.7. The first-order valence-corrected chi connectivity index (χ1v) is 7.62. The second-order valence-corrected chi connectivity index (χ2v) is 4.92. The average Bonchev–Trinajstić information content (AvgIpc) is 2.35. The van der Waals surface area contributed by atoms with Crippen molar-refractivity contribution in [3.8, 4) is 0 Å². The van der Waals surface area contributed by atoms with Crippen molar-refractivity contribution < 1.29 is 4.39 Å². The smallest absolute Gasteiger partial charge is 0.0894 e. The van der Waals surface area contributed by atoms with Gasteiger partial charge in [-0.1, -0.05) is 64.0 Å². The standard InChI is InChI=1S/C16H31F/c1-2-3-4-5-6-7-8-9-10-11-12-13-14-15-16-17/h8-9H,2-7,10-16H2,1H3. The average molecular weight is 242 g/mol. The van der Waals surface area contributed by atoms with Crippen LogP contribution < -0.4 is 0 Å². The van der Waals surface area contributed by atoms with E-state index in [0.29, 0.717) is 0 Å². The largest absolute Gasteiger partial charge is 0.251 e. The third-order valence-electron chi connectivity index (χ3n) is 3.15. The quantitative estimate of drug-likeness (QED) is 0.266. The molecule has 0 amide bonds. The Bertz CT molecular complexity index is 152. The van der Waals surface area contributed by atoms with Crippen LogP contribution in [0.15, 0.2) is 12.2 Å². The van der Waals surface area contributed by atoms with Gasteiger partial charge in [-0.2, -0.15) is 0 Å². The minimum Gasteiger partial charge on any atom is -0.251 e. The highest BCUT2D eigenvalue weighted by molar-refractivity contribution is 4.81. The molecule has 0 unspecified atom stereocenters. The summed E-state index contributed by atoms with van der Waals surface area (Å²) in [5.74, 6) is 0. The Morgan fingerprint density at radius 1 is 0.647 bits per heavy atom. The third-order valence-corrected chi connectivity index (χ3v) is 3.15. The fraction of sp³-hybridized carbons (Fsp3) is 0.875. The molecule has 0 spiro atoms. The van der Waals surface area contributed by atoms with Gasteiger partial charge in [-0.25, -0.2) is 0 Å². The van der Waals surface area contributed by atoms with Crippen LogP contribution in [0, 0.1) is 0 Å². The molecule has 1 heteroatoms. The van der Waals surface area contributed by atoms with Gasteiger partial charge in [0.05, 0.1) is 6.67 Å². The molecular weight excluding hydrogens is 211 g/mol.